The lowest BCUT2D eigenvalue weighted by Gasteiger charge is -2.10. The van der Waals surface area contributed by atoms with E-state index in [1.807, 2.05) is 7.05 Å². The second-order valence-corrected chi connectivity index (χ2v) is 4.71. The summed E-state index contributed by atoms with van der Waals surface area (Å²) < 4.78 is 0. The van der Waals surface area contributed by atoms with Crippen molar-refractivity contribution in [1.29, 1.82) is 0 Å². The van der Waals surface area contributed by atoms with Crippen LogP contribution in [0.5, 0.6) is 0 Å². The molecular formula is C13H21N3. The summed E-state index contributed by atoms with van der Waals surface area (Å²) in [6.45, 7) is 5.30. The fourth-order valence-electron chi connectivity index (χ4n) is 2.09. The molecule has 2 rings (SSSR count). The second kappa shape index (κ2) is 4.91. The van der Waals surface area contributed by atoms with E-state index in [9.17, 15) is 0 Å². The molecule has 1 fully saturated rings. The summed E-state index contributed by atoms with van der Waals surface area (Å²) in [6.07, 6.45) is 4.80. The average molecular weight is 219 g/mol. The molecule has 88 valence electrons. The highest BCUT2D eigenvalue weighted by atomic mass is 14.9. The number of aromatic nitrogens is 2. The minimum Gasteiger partial charge on any atom is -0.320 e. The quantitative estimate of drug-likeness (QED) is 0.771. The first kappa shape index (κ1) is 11.5. The van der Waals surface area contributed by atoms with Gasteiger partial charge in [0.15, 0.2) is 0 Å². The van der Waals surface area contributed by atoms with Crippen molar-refractivity contribution in [3.8, 4) is 0 Å². The number of nitrogens with zero attached hydrogens (tertiary/aromatic N) is 2. The zero-order valence-corrected chi connectivity index (χ0v) is 10.5. The molecule has 1 saturated carbocycles. The Morgan fingerprint density at radius 2 is 1.81 bits per heavy atom. The second-order valence-electron chi connectivity index (χ2n) is 4.71. The largest absolute Gasteiger partial charge is 0.320 e. The van der Waals surface area contributed by atoms with Gasteiger partial charge in [0.05, 0.1) is 0 Å². The van der Waals surface area contributed by atoms with Crippen LogP contribution in [0, 0.1) is 13.8 Å². The van der Waals surface area contributed by atoms with Gasteiger partial charge in [0, 0.05) is 17.3 Å². The first-order valence-electron chi connectivity index (χ1n) is 6.21. The third-order valence-corrected chi connectivity index (χ3v) is 3.23. The number of rotatable bonds is 5. The van der Waals surface area contributed by atoms with Crippen LogP contribution in [0.4, 0.5) is 0 Å². The summed E-state index contributed by atoms with van der Waals surface area (Å²) in [5.74, 6) is 1.73. The van der Waals surface area contributed by atoms with Crippen molar-refractivity contribution in [3.05, 3.63) is 22.8 Å². The van der Waals surface area contributed by atoms with Gasteiger partial charge in [0.1, 0.15) is 5.82 Å². The molecule has 0 saturated heterocycles. The Morgan fingerprint density at radius 1 is 1.19 bits per heavy atom. The van der Waals surface area contributed by atoms with Crippen LogP contribution in [0.2, 0.25) is 0 Å². The molecule has 0 spiro atoms. The summed E-state index contributed by atoms with van der Waals surface area (Å²) in [6, 6.07) is 0. The molecule has 3 nitrogen and oxygen atoms in total. The lowest BCUT2D eigenvalue weighted by molar-refractivity contribution is 0.711. The Labute approximate surface area is 97.7 Å². The van der Waals surface area contributed by atoms with Crippen molar-refractivity contribution in [2.45, 2.75) is 45.4 Å². The van der Waals surface area contributed by atoms with E-state index in [1.165, 1.54) is 29.8 Å². The van der Waals surface area contributed by atoms with Gasteiger partial charge in [0.25, 0.3) is 0 Å². The molecule has 16 heavy (non-hydrogen) atoms. The Bertz CT molecular complexity index is 346. The predicted octanol–water partition coefficient (Wildman–Crippen LogP) is 2.12. The summed E-state index contributed by atoms with van der Waals surface area (Å²) in [7, 11) is 1.99. The zero-order valence-electron chi connectivity index (χ0n) is 10.5. The Hall–Kier alpha value is -0.960. The molecule has 3 heteroatoms. The van der Waals surface area contributed by atoms with E-state index in [2.05, 4.69) is 29.1 Å². The van der Waals surface area contributed by atoms with Crippen LogP contribution in [0.15, 0.2) is 0 Å². The van der Waals surface area contributed by atoms with Crippen LogP contribution in [0.1, 0.15) is 48.0 Å². The molecule has 0 aliphatic heterocycles. The van der Waals surface area contributed by atoms with Crippen LogP contribution in [-0.2, 0) is 6.42 Å². The summed E-state index contributed by atoms with van der Waals surface area (Å²) >= 11 is 0. The van der Waals surface area contributed by atoms with Gasteiger partial charge in [-0.25, -0.2) is 9.97 Å². The molecule has 1 aromatic heterocycles. The van der Waals surface area contributed by atoms with Crippen molar-refractivity contribution < 1.29 is 0 Å². The average Bonchev–Trinajstić information content (AvgIpc) is 3.05. The normalized spacial score (nSPS) is 15.4. The molecule has 0 bridgehead atoms. The SMILES string of the molecule is CNCCCc1c(C)nc(C2CC2)nc1C. The van der Waals surface area contributed by atoms with Gasteiger partial charge in [-0.1, -0.05) is 0 Å². The summed E-state index contributed by atoms with van der Waals surface area (Å²) in [4.78, 5) is 9.29. The van der Waals surface area contributed by atoms with Crippen molar-refractivity contribution in [3.63, 3.8) is 0 Å². The monoisotopic (exact) mass is 219 g/mol. The van der Waals surface area contributed by atoms with E-state index in [0.717, 1.165) is 25.2 Å². The maximum atomic E-state index is 4.64. The minimum absolute atomic E-state index is 0.656. The molecule has 0 amide bonds. The standard InChI is InChI=1S/C13H21N3/c1-9-12(5-4-8-14-3)10(2)16-13(15-9)11-6-7-11/h11,14H,4-8H2,1-3H3. The van der Waals surface area contributed by atoms with Crippen molar-refractivity contribution in [1.82, 2.24) is 15.3 Å². The predicted molar refractivity (Wildman–Crippen MR) is 65.7 cm³/mol. The third kappa shape index (κ3) is 2.59. The lowest BCUT2D eigenvalue weighted by Crippen LogP contribution is -2.11. The van der Waals surface area contributed by atoms with Gasteiger partial charge in [-0.15, -0.1) is 0 Å². The maximum absolute atomic E-state index is 4.64. The zero-order chi connectivity index (χ0) is 11.5. The van der Waals surface area contributed by atoms with Gasteiger partial charge in [-0.05, 0) is 58.7 Å². The lowest BCUT2D eigenvalue weighted by atomic mass is 10.1. The summed E-state index contributed by atoms with van der Waals surface area (Å²) in [5, 5.41) is 3.18. The van der Waals surface area contributed by atoms with Gasteiger partial charge in [0.2, 0.25) is 0 Å². The van der Waals surface area contributed by atoms with E-state index in [0.29, 0.717) is 5.92 Å². The Balaban J connectivity index is 2.11. The molecule has 1 aliphatic rings. The fourth-order valence-corrected chi connectivity index (χ4v) is 2.09. The van der Waals surface area contributed by atoms with Gasteiger partial charge < -0.3 is 5.32 Å². The maximum Gasteiger partial charge on any atom is 0.131 e. The fraction of sp³-hybridized carbons (Fsp3) is 0.692. The van der Waals surface area contributed by atoms with Crippen LogP contribution in [0.25, 0.3) is 0 Å². The van der Waals surface area contributed by atoms with Crippen LogP contribution >= 0.6 is 0 Å². The highest BCUT2D eigenvalue weighted by Crippen LogP contribution is 2.38. The third-order valence-electron chi connectivity index (χ3n) is 3.23. The molecule has 0 aromatic carbocycles. The topological polar surface area (TPSA) is 37.8 Å². The highest BCUT2D eigenvalue weighted by molar-refractivity contribution is 5.26. The number of nitrogens with one attached hydrogen (secondary N) is 1. The molecule has 0 radical (unpaired) electrons. The number of hydrogen-bond donors (Lipinski definition) is 1. The molecule has 0 unspecified atom stereocenters. The molecule has 1 N–H and O–H groups in total. The van der Waals surface area contributed by atoms with Crippen LogP contribution in [-0.4, -0.2) is 23.6 Å². The summed E-state index contributed by atoms with van der Waals surface area (Å²) in [5.41, 5.74) is 3.72. The van der Waals surface area contributed by atoms with E-state index in [4.69, 9.17) is 0 Å². The van der Waals surface area contributed by atoms with Crippen molar-refractivity contribution in [2.24, 2.45) is 0 Å². The van der Waals surface area contributed by atoms with E-state index >= 15 is 0 Å². The smallest absolute Gasteiger partial charge is 0.131 e. The minimum atomic E-state index is 0.656. The number of aryl methyl sites for hydroxylation is 2. The number of hydrogen-bond acceptors (Lipinski definition) is 3. The van der Waals surface area contributed by atoms with Crippen molar-refractivity contribution in [2.75, 3.05) is 13.6 Å². The van der Waals surface area contributed by atoms with Gasteiger partial charge in [-0.3, -0.25) is 0 Å². The van der Waals surface area contributed by atoms with E-state index in [-0.39, 0.29) is 0 Å². The molecule has 1 heterocycles. The molecule has 1 aromatic rings. The van der Waals surface area contributed by atoms with Crippen LogP contribution < -0.4 is 5.32 Å². The Morgan fingerprint density at radius 3 is 2.31 bits per heavy atom. The van der Waals surface area contributed by atoms with E-state index < -0.39 is 0 Å². The van der Waals surface area contributed by atoms with Gasteiger partial charge in [-0.2, -0.15) is 0 Å². The van der Waals surface area contributed by atoms with Crippen LogP contribution in [0.3, 0.4) is 0 Å². The van der Waals surface area contributed by atoms with Gasteiger partial charge >= 0.3 is 0 Å². The highest BCUT2D eigenvalue weighted by Gasteiger charge is 2.27. The first-order valence-corrected chi connectivity index (χ1v) is 6.21. The molecular weight excluding hydrogens is 198 g/mol. The molecule has 1 aliphatic carbocycles. The first-order chi connectivity index (χ1) is 7.72. The van der Waals surface area contributed by atoms with E-state index in [1.54, 1.807) is 0 Å². The molecule has 0 atom stereocenters. The Kier molecular flexibility index (Phi) is 3.54. The van der Waals surface area contributed by atoms with Crippen molar-refractivity contribution >= 4 is 0 Å².